The Bertz CT molecular complexity index is 698. The van der Waals surface area contributed by atoms with Gasteiger partial charge >= 0.3 is 0 Å². The van der Waals surface area contributed by atoms with E-state index < -0.39 is 0 Å². The van der Waals surface area contributed by atoms with Gasteiger partial charge < -0.3 is 10.6 Å². The molecule has 0 radical (unpaired) electrons. The van der Waals surface area contributed by atoms with Gasteiger partial charge in [-0.3, -0.25) is 9.59 Å². The van der Waals surface area contributed by atoms with E-state index in [1.54, 1.807) is 18.2 Å². The van der Waals surface area contributed by atoms with E-state index in [0.717, 1.165) is 12.1 Å². The standard InChI is InChI=1S/C17H20N4O2/c1-4-11(2)20-16(23)14-9-18-17(19-10-14)21-15-7-5-6-13(8-15)12(3)22/h5-11H,4H2,1-3H3,(H,20,23)(H,18,19,21). The second kappa shape index (κ2) is 7.49. The minimum absolute atomic E-state index is 0.00775. The maximum atomic E-state index is 12.0. The van der Waals surface area contributed by atoms with E-state index in [2.05, 4.69) is 20.6 Å². The highest BCUT2D eigenvalue weighted by Crippen LogP contribution is 2.15. The molecule has 0 saturated heterocycles. The molecule has 0 aliphatic rings. The average Bonchev–Trinajstić information content (AvgIpc) is 2.55. The van der Waals surface area contributed by atoms with Crippen LogP contribution in [0.5, 0.6) is 0 Å². The molecule has 1 amide bonds. The number of carbonyl (C=O) groups excluding carboxylic acids is 2. The molecule has 0 saturated carbocycles. The summed E-state index contributed by atoms with van der Waals surface area (Å²) in [4.78, 5) is 31.6. The third-order valence-electron chi connectivity index (χ3n) is 3.43. The Kier molecular flexibility index (Phi) is 5.41. The number of ketones is 1. The molecule has 1 aromatic heterocycles. The summed E-state index contributed by atoms with van der Waals surface area (Å²) in [5.41, 5.74) is 1.74. The van der Waals surface area contributed by atoms with Gasteiger partial charge in [0, 0.05) is 29.7 Å². The third-order valence-corrected chi connectivity index (χ3v) is 3.43. The molecule has 120 valence electrons. The van der Waals surface area contributed by atoms with E-state index in [0.29, 0.717) is 17.1 Å². The highest BCUT2D eigenvalue weighted by Gasteiger charge is 2.10. The van der Waals surface area contributed by atoms with E-state index in [1.165, 1.54) is 19.3 Å². The number of nitrogens with one attached hydrogen (secondary N) is 2. The van der Waals surface area contributed by atoms with Crippen LogP contribution in [0, 0.1) is 0 Å². The van der Waals surface area contributed by atoms with Crippen molar-refractivity contribution in [3.8, 4) is 0 Å². The lowest BCUT2D eigenvalue weighted by molar-refractivity contribution is 0.0937. The number of anilines is 2. The van der Waals surface area contributed by atoms with Gasteiger partial charge in [0.25, 0.3) is 5.91 Å². The van der Waals surface area contributed by atoms with Crippen LogP contribution in [-0.2, 0) is 0 Å². The molecule has 23 heavy (non-hydrogen) atoms. The fraction of sp³-hybridized carbons (Fsp3) is 0.294. The third kappa shape index (κ3) is 4.60. The summed E-state index contributed by atoms with van der Waals surface area (Å²) >= 11 is 0. The summed E-state index contributed by atoms with van der Waals surface area (Å²) in [7, 11) is 0. The first-order chi connectivity index (χ1) is 11.0. The molecule has 0 bridgehead atoms. The smallest absolute Gasteiger partial charge is 0.254 e. The largest absolute Gasteiger partial charge is 0.350 e. The SMILES string of the molecule is CCC(C)NC(=O)c1cnc(Nc2cccc(C(C)=O)c2)nc1. The Morgan fingerprint density at radius 3 is 2.48 bits per heavy atom. The molecule has 1 heterocycles. The van der Waals surface area contributed by atoms with Gasteiger partial charge in [0.2, 0.25) is 5.95 Å². The number of rotatable bonds is 6. The fourth-order valence-electron chi connectivity index (χ4n) is 1.86. The number of hydrogen-bond donors (Lipinski definition) is 2. The molecule has 2 aromatic rings. The molecular weight excluding hydrogens is 292 g/mol. The lowest BCUT2D eigenvalue weighted by Crippen LogP contribution is -2.32. The van der Waals surface area contributed by atoms with Crippen LogP contribution in [-0.4, -0.2) is 27.7 Å². The second-order valence-electron chi connectivity index (χ2n) is 5.34. The first-order valence-corrected chi connectivity index (χ1v) is 7.50. The summed E-state index contributed by atoms with van der Waals surface area (Å²) in [5, 5.41) is 5.87. The predicted octanol–water partition coefficient (Wildman–Crippen LogP) is 2.95. The molecule has 1 aromatic carbocycles. The summed E-state index contributed by atoms with van der Waals surface area (Å²) in [6.07, 6.45) is 3.81. The maximum absolute atomic E-state index is 12.0. The summed E-state index contributed by atoms with van der Waals surface area (Å²) in [6.45, 7) is 5.46. The Balaban J connectivity index is 2.07. The monoisotopic (exact) mass is 312 g/mol. The summed E-state index contributed by atoms with van der Waals surface area (Å²) in [6, 6.07) is 7.19. The number of hydrogen-bond acceptors (Lipinski definition) is 5. The van der Waals surface area contributed by atoms with Crippen molar-refractivity contribution < 1.29 is 9.59 Å². The lowest BCUT2D eigenvalue weighted by Gasteiger charge is -2.11. The topological polar surface area (TPSA) is 84.0 Å². The van der Waals surface area contributed by atoms with Gasteiger partial charge in [-0.05, 0) is 32.4 Å². The summed E-state index contributed by atoms with van der Waals surface area (Å²) < 4.78 is 0. The van der Waals surface area contributed by atoms with Crippen molar-refractivity contribution >= 4 is 23.3 Å². The van der Waals surface area contributed by atoms with Crippen molar-refractivity contribution in [3.63, 3.8) is 0 Å². The van der Waals surface area contributed by atoms with E-state index in [9.17, 15) is 9.59 Å². The van der Waals surface area contributed by atoms with E-state index >= 15 is 0 Å². The van der Waals surface area contributed by atoms with Gasteiger partial charge in [0.1, 0.15) is 0 Å². The Morgan fingerprint density at radius 1 is 1.17 bits per heavy atom. The van der Waals surface area contributed by atoms with Gasteiger partial charge in [-0.15, -0.1) is 0 Å². The summed E-state index contributed by atoms with van der Waals surface area (Å²) in [5.74, 6) is 0.168. The van der Waals surface area contributed by atoms with Crippen LogP contribution in [0.15, 0.2) is 36.7 Å². The Labute approximate surface area is 135 Å². The van der Waals surface area contributed by atoms with Crippen molar-refractivity contribution in [2.75, 3.05) is 5.32 Å². The van der Waals surface area contributed by atoms with Gasteiger partial charge in [-0.25, -0.2) is 9.97 Å². The van der Waals surface area contributed by atoms with E-state index in [4.69, 9.17) is 0 Å². The first-order valence-electron chi connectivity index (χ1n) is 7.50. The van der Waals surface area contributed by atoms with Crippen LogP contribution in [0.25, 0.3) is 0 Å². The van der Waals surface area contributed by atoms with Crippen molar-refractivity contribution in [1.29, 1.82) is 0 Å². The van der Waals surface area contributed by atoms with Gasteiger partial charge in [0.05, 0.1) is 5.56 Å². The molecule has 1 atom stereocenters. The van der Waals surface area contributed by atoms with E-state index in [1.807, 2.05) is 19.9 Å². The Morgan fingerprint density at radius 2 is 1.87 bits per heavy atom. The quantitative estimate of drug-likeness (QED) is 0.801. The minimum atomic E-state index is -0.190. The maximum Gasteiger partial charge on any atom is 0.254 e. The lowest BCUT2D eigenvalue weighted by atomic mass is 10.1. The van der Waals surface area contributed by atoms with Crippen LogP contribution in [0.4, 0.5) is 11.6 Å². The zero-order valence-electron chi connectivity index (χ0n) is 13.5. The fourth-order valence-corrected chi connectivity index (χ4v) is 1.86. The molecule has 6 heteroatoms. The van der Waals surface area contributed by atoms with Crippen LogP contribution in [0.3, 0.4) is 0 Å². The molecule has 1 unspecified atom stereocenters. The molecule has 0 spiro atoms. The van der Waals surface area contributed by atoms with Crippen molar-refractivity contribution in [2.45, 2.75) is 33.2 Å². The normalized spacial score (nSPS) is 11.6. The molecule has 6 nitrogen and oxygen atoms in total. The highest BCUT2D eigenvalue weighted by atomic mass is 16.1. The molecule has 0 aliphatic heterocycles. The number of carbonyl (C=O) groups is 2. The number of amides is 1. The van der Waals surface area contributed by atoms with Crippen molar-refractivity contribution in [3.05, 3.63) is 47.8 Å². The molecule has 0 aliphatic carbocycles. The van der Waals surface area contributed by atoms with Crippen LogP contribution >= 0.6 is 0 Å². The minimum Gasteiger partial charge on any atom is -0.350 e. The van der Waals surface area contributed by atoms with Crippen LogP contribution in [0.2, 0.25) is 0 Å². The highest BCUT2D eigenvalue weighted by molar-refractivity contribution is 5.95. The molecule has 2 rings (SSSR count). The van der Waals surface area contributed by atoms with Gasteiger partial charge in [-0.2, -0.15) is 0 Å². The zero-order valence-corrected chi connectivity index (χ0v) is 13.5. The predicted molar refractivity (Wildman–Crippen MR) is 89.0 cm³/mol. The van der Waals surface area contributed by atoms with Crippen LogP contribution in [0.1, 0.15) is 47.9 Å². The zero-order chi connectivity index (χ0) is 16.8. The number of aromatic nitrogens is 2. The molecular formula is C17H20N4O2. The van der Waals surface area contributed by atoms with Crippen molar-refractivity contribution in [2.24, 2.45) is 0 Å². The van der Waals surface area contributed by atoms with Gasteiger partial charge in [0.15, 0.2) is 5.78 Å². The van der Waals surface area contributed by atoms with E-state index in [-0.39, 0.29) is 17.7 Å². The van der Waals surface area contributed by atoms with Crippen molar-refractivity contribution in [1.82, 2.24) is 15.3 Å². The molecule has 0 fully saturated rings. The van der Waals surface area contributed by atoms with Gasteiger partial charge in [-0.1, -0.05) is 19.1 Å². The average molecular weight is 312 g/mol. The molecule has 2 N–H and O–H groups in total. The second-order valence-corrected chi connectivity index (χ2v) is 5.34. The Hall–Kier alpha value is -2.76. The number of Topliss-reactive ketones (excluding diaryl/α,β-unsaturated/α-hetero) is 1. The number of nitrogens with zero attached hydrogens (tertiary/aromatic N) is 2. The first kappa shape index (κ1) is 16.6. The number of benzene rings is 1. The van der Waals surface area contributed by atoms with Crippen LogP contribution < -0.4 is 10.6 Å².